The van der Waals surface area contributed by atoms with Gasteiger partial charge in [-0.15, -0.1) is 0 Å². The standard InChI is InChI=1S/C19H23ClN2O3/c1-13(14-6-5-7-15(20)10-14)22(2)12-19(23)21-16-8-9-17(24-3)18(11-16)25-4/h5-11,13H,12H2,1-4H3,(H,21,23). The SMILES string of the molecule is COc1ccc(NC(=O)CN(C)C(C)c2cccc(Cl)c2)cc1OC. The lowest BCUT2D eigenvalue weighted by atomic mass is 10.1. The van der Waals surface area contributed by atoms with Crippen molar-refractivity contribution in [3.05, 3.63) is 53.1 Å². The molecule has 1 unspecified atom stereocenters. The second-order valence-corrected chi connectivity index (χ2v) is 6.20. The van der Waals surface area contributed by atoms with Crippen LogP contribution in [0.2, 0.25) is 5.02 Å². The second-order valence-electron chi connectivity index (χ2n) is 5.76. The largest absolute Gasteiger partial charge is 0.493 e. The van der Waals surface area contributed by atoms with Gasteiger partial charge in [-0.05, 0) is 43.8 Å². The van der Waals surface area contributed by atoms with Gasteiger partial charge in [0.25, 0.3) is 0 Å². The van der Waals surface area contributed by atoms with Crippen LogP contribution in [0, 0.1) is 0 Å². The molecule has 2 aromatic rings. The van der Waals surface area contributed by atoms with E-state index in [0.29, 0.717) is 22.2 Å². The highest BCUT2D eigenvalue weighted by Gasteiger charge is 2.16. The molecule has 25 heavy (non-hydrogen) atoms. The van der Waals surface area contributed by atoms with Gasteiger partial charge in [-0.2, -0.15) is 0 Å². The van der Waals surface area contributed by atoms with Gasteiger partial charge in [0.1, 0.15) is 0 Å². The summed E-state index contributed by atoms with van der Waals surface area (Å²) in [5, 5.41) is 3.56. The zero-order chi connectivity index (χ0) is 18.4. The summed E-state index contributed by atoms with van der Waals surface area (Å²) in [6.45, 7) is 2.29. The molecule has 1 N–H and O–H groups in total. The maximum absolute atomic E-state index is 12.3. The molecule has 5 nitrogen and oxygen atoms in total. The van der Waals surface area contributed by atoms with E-state index in [9.17, 15) is 4.79 Å². The number of anilines is 1. The molecule has 0 aliphatic heterocycles. The first-order valence-electron chi connectivity index (χ1n) is 7.92. The third-order valence-corrected chi connectivity index (χ3v) is 4.29. The Morgan fingerprint density at radius 2 is 1.88 bits per heavy atom. The predicted molar refractivity (Wildman–Crippen MR) is 101 cm³/mol. The van der Waals surface area contributed by atoms with Crippen molar-refractivity contribution in [2.45, 2.75) is 13.0 Å². The van der Waals surface area contributed by atoms with E-state index in [1.165, 1.54) is 0 Å². The Morgan fingerprint density at radius 3 is 2.52 bits per heavy atom. The molecule has 1 atom stereocenters. The number of methoxy groups -OCH3 is 2. The summed E-state index contributed by atoms with van der Waals surface area (Å²) in [7, 11) is 5.03. The van der Waals surface area contributed by atoms with E-state index in [4.69, 9.17) is 21.1 Å². The monoisotopic (exact) mass is 362 g/mol. The molecule has 134 valence electrons. The number of nitrogens with zero attached hydrogens (tertiary/aromatic N) is 1. The van der Waals surface area contributed by atoms with Crippen LogP contribution in [-0.2, 0) is 4.79 Å². The summed E-state index contributed by atoms with van der Waals surface area (Å²) in [4.78, 5) is 14.3. The van der Waals surface area contributed by atoms with Gasteiger partial charge in [0.2, 0.25) is 5.91 Å². The summed E-state index contributed by atoms with van der Waals surface area (Å²) < 4.78 is 10.4. The lowest BCUT2D eigenvalue weighted by Gasteiger charge is -2.24. The second kappa shape index (κ2) is 8.74. The van der Waals surface area contributed by atoms with Gasteiger partial charge in [0.05, 0.1) is 20.8 Å². The highest BCUT2D eigenvalue weighted by molar-refractivity contribution is 6.30. The number of amides is 1. The van der Waals surface area contributed by atoms with Crippen molar-refractivity contribution in [3.63, 3.8) is 0 Å². The molecule has 1 amide bonds. The molecule has 0 saturated heterocycles. The molecular weight excluding hydrogens is 340 g/mol. The van der Waals surface area contributed by atoms with E-state index in [-0.39, 0.29) is 18.5 Å². The Kier molecular flexibility index (Phi) is 6.67. The van der Waals surface area contributed by atoms with E-state index in [1.807, 2.05) is 43.1 Å². The average molecular weight is 363 g/mol. The van der Waals surface area contributed by atoms with Crippen LogP contribution in [0.4, 0.5) is 5.69 Å². The van der Waals surface area contributed by atoms with Crippen molar-refractivity contribution in [2.24, 2.45) is 0 Å². The van der Waals surface area contributed by atoms with E-state index >= 15 is 0 Å². The first-order chi connectivity index (χ1) is 11.9. The van der Waals surface area contributed by atoms with Crippen LogP contribution in [-0.4, -0.2) is 38.6 Å². The zero-order valence-electron chi connectivity index (χ0n) is 14.9. The van der Waals surface area contributed by atoms with Crippen molar-refractivity contribution in [3.8, 4) is 11.5 Å². The highest BCUT2D eigenvalue weighted by Crippen LogP contribution is 2.29. The highest BCUT2D eigenvalue weighted by atomic mass is 35.5. The number of benzene rings is 2. The smallest absolute Gasteiger partial charge is 0.238 e. The molecule has 0 radical (unpaired) electrons. The molecule has 2 rings (SSSR count). The average Bonchev–Trinajstić information content (AvgIpc) is 2.60. The minimum atomic E-state index is -0.108. The number of hydrogen-bond donors (Lipinski definition) is 1. The summed E-state index contributed by atoms with van der Waals surface area (Å²) in [5.74, 6) is 1.08. The van der Waals surface area contributed by atoms with Crippen molar-refractivity contribution < 1.29 is 14.3 Å². The van der Waals surface area contributed by atoms with Gasteiger partial charge >= 0.3 is 0 Å². The van der Waals surface area contributed by atoms with E-state index in [2.05, 4.69) is 5.32 Å². The first-order valence-corrected chi connectivity index (χ1v) is 8.30. The number of rotatable bonds is 7. The van der Waals surface area contributed by atoms with Crippen LogP contribution in [0.1, 0.15) is 18.5 Å². The van der Waals surface area contributed by atoms with Crippen molar-refractivity contribution in [1.29, 1.82) is 0 Å². The number of halogens is 1. The molecule has 2 aromatic carbocycles. The molecule has 0 heterocycles. The van der Waals surface area contributed by atoms with Gasteiger partial charge in [0, 0.05) is 22.8 Å². The Labute approximate surface area is 153 Å². The number of likely N-dealkylation sites (N-methyl/N-ethyl adjacent to an activating group) is 1. The van der Waals surface area contributed by atoms with Gasteiger partial charge in [-0.3, -0.25) is 9.69 Å². The number of carbonyl (C=O) groups excluding carboxylic acids is 1. The van der Waals surface area contributed by atoms with Crippen molar-refractivity contribution in [1.82, 2.24) is 4.90 Å². The quantitative estimate of drug-likeness (QED) is 0.809. The fourth-order valence-corrected chi connectivity index (χ4v) is 2.70. The zero-order valence-corrected chi connectivity index (χ0v) is 15.6. The van der Waals surface area contributed by atoms with Crippen LogP contribution in [0.25, 0.3) is 0 Å². The number of ether oxygens (including phenoxy) is 2. The van der Waals surface area contributed by atoms with Crippen LogP contribution in [0.3, 0.4) is 0 Å². The third kappa shape index (κ3) is 5.11. The minimum Gasteiger partial charge on any atom is -0.493 e. The molecule has 0 bridgehead atoms. The Hall–Kier alpha value is -2.24. The summed E-state index contributed by atoms with van der Waals surface area (Å²) >= 11 is 6.04. The van der Waals surface area contributed by atoms with E-state index in [0.717, 1.165) is 5.56 Å². The Balaban J connectivity index is 1.99. The fraction of sp³-hybridized carbons (Fsp3) is 0.316. The summed E-state index contributed by atoms with van der Waals surface area (Å²) in [6.07, 6.45) is 0. The molecule has 0 aliphatic carbocycles. The van der Waals surface area contributed by atoms with E-state index < -0.39 is 0 Å². The van der Waals surface area contributed by atoms with E-state index in [1.54, 1.807) is 32.4 Å². The van der Waals surface area contributed by atoms with Gasteiger partial charge in [-0.1, -0.05) is 23.7 Å². The normalized spacial score (nSPS) is 11.9. The van der Waals surface area contributed by atoms with Gasteiger partial charge < -0.3 is 14.8 Å². The molecular formula is C19H23ClN2O3. The maximum Gasteiger partial charge on any atom is 0.238 e. The van der Waals surface area contributed by atoms with Crippen LogP contribution in [0.15, 0.2) is 42.5 Å². The fourth-order valence-electron chi connectivity index (χ4n) is 2.50. The molecule has 0 aromatic heterocycles. The topological polar surface area (TPSA) is 50.8 Å². The first kappa shape index (κ1) is 19.1. The lowest BCUT2D eigenvalue weighted by Crippen LogP contribution is -2.32. The molecule has 6 heteroatoms. The molecule has 0 saturated carbocycles. The molecule has 0 spiro atoms. The Bertz CT molecular complexity index is 736. The van der Waals surface area contributed by atoms with Crippen LogP contribution in [0.5, 0.6) is 11.5 Å². The molecule has 0 fully saturated rings. The third-order valence-electron chi connectivity index (χ3n) is 4.05. The predicted octanol–water partition coefficient (Wildman–Crippen LogP) is 3.99. The van der Waals surface area contributed by atoms with Crippen molar-refractivity contribution in [2.75, 3.05) is 33.1 Å². The Morgan fingerprint density at radius 1 is 1.16 bits per heavy atom. The van der Waals surface area contributed by atoms with Crippen LogP contribution >= 0.6 is 11.6 Å². The summed E-state index contributed by atoms with van der Waals surface area (Å²) in [5.41, 5.74) is 1.72. The molecule has 0 aliphatic rings. The lowest BCUT2D eigenvalue weighted by molar-refractivity contribution is -0.117. The van der Waals surface area contributed by atoms with Crippen molar-refractivity contribution >= 4 is 23.2 Å². The minimum absolute atomic E-state index is 0.0647. The van der Waals surface area contributed by atoms with Gasteiger partial charge in [0.15, 0.2) is 11.5 Å². The maximum atomic E-state index is 12.3. The van der Waals surface area contributed by atoms with Crippen LogP contribution < -0.4 is 14.8 Å². The number of nitrogens with one attached hydrogen (secondary N) is 1. The van der Waals surface area contributed by atoms with Gasteiger partial charge in [-0.25, -0.2) is 0 Å². The number of carbonyl (C=O) groups is 1. The number of hydrogen-bond acceptors (Lipinski definition) is 4. The summed E-state index contributed by atoms with van der Waals surface area (Å²) in [6, 6.07) is 13.0.